The first-order chi connectivity index (χ1) is 8.74. The van der Waals surface area contributed by atoms with E-state index in [2.05, 4.69) is 16.0 Å². The van der Waals surface area contributed by atoms with E-state index in [1.807, 2.05) is 50.2 Å². The first kappa shape index (κ1) is 12.3. The highest BCUT2D eigenvalue weighted by Gasteiger charge is 2.13. The van der Waals surface area contributed by atoms with Gasteiger partial charge in [-0.25, -0.2) is 9.97 Å². The van der Waals surface area contributed by atoms with Gasteiger partial charge in [0.2, 0.25) is 0 Å². The Labute approximate surface area is 107 Å². The monoisotopic (exact) mass is 237 g/mol. The van der Waals surface area contributed by atoms with Gasteiger partial charge in [-0.2, -0.15) is 5.26 Å². The van der Waals surface area contributed by atoms with E-state index in [4.69, 9.17) is 5.26 Å². The molecular formula is C15H15N3. The first-order valence-electron chi connectivity index (χ1n) is 6.05. The Morgan fingerprint density at radius 1 is 1.22 bits per heavy atom. The van der Waals surface area contributed by atoms with Crippen LogP contribution in [-0.4, -0.2) is 9.97 Å². The van der Waals surface area contributed by atoms with E-state index in [0.29, 0.717) is 5.82 Å². The Balaban J connectivity index is 2.48. The molecule has 90 valence electrons. The van der Waals surface area contributed by atoms with E-state index in [1.165, 1.54) is 0 Å². The molecule has 0 aliphatic rings. The summed E-state index contributed by atoms with van der Waals surface area (Å²) in [5, 5.41) is 9.10. The number of aromatic nitrogens is 2. The van der Waals surface area contributed by atoms with Crippen molar-refractivity contribution in [1.82, 2.24) is 9.97 Å². The van der Waals surface area contributed by atoms with Crippen molar-refractivity contribution in [2.45, 2.75) is 26.2 Å². The van der Waals surface area contributed by atoms with Gasteiger partial charge in [-0.3, -0.25) is 0 Å². The predicted molar refractivity (Wildman–Crippen MR) is 70.9 cm³/mol. The van der Waals surface area contributed by atoms with Gasteiger partial charge in [0.1, 0.15) is 11.7 Å². The van der Waals surface area contributed by atoms with E-state index < -0.39 is 0 Å². The van der Waals surface area contributed by atoms with Gasteiger partial charge in [-0.15, -0.1) is 0 Å². The fraction of sp³-hybridized carbons (Fsp3) is 0.267. The van der Waals surface area contributed by atoms with Crippen molar-refractivity contribution in [3.05, 3.63) is 47.9 Å². The van der Waals surface area contributed by atoms with E-state index in [1.54, 1.807) is 0 Å². The molecule has 0 fully saturated rings. The van der Waals surface area contributed by atoms with Crippen LogP contribution in [0.25, 0.3) is 11.3 Å². The fourth-order valence-electron chi connectivity index (χ4n) is 1.84. The summed E-state index contributed by atoms with van der Waals surface area (Å²) in [6, 6.07) is 14.2. The summed E-state index contributed by atoms with van der Waals surface area (Å²) in [6.07, 6.45) is 0.730. The SMILES string of the molecule is CCC(C#N)c1nc(C)cc(-c2ccccc2)n1. The van der Waals surface area contributed by atoms with Crippen LogP contribution in [0.3, 0.4) is 0 Å². The second-order valence-corrected chi connectivity index (χ2v) is 4.21. The number of hydrogen-bond acceptors (Lipinski definition) is 3. The molecule has 0 aliphatic carbocycles. The number of benzene rings is 1. The van der Waals surface area contributed by atoms with E-state index >= 15 is 0 Å². The quantitative estimate of drug-likeness (QED) is 0.821. The third-order valence-corrected chi connectivity index (χ3v) is 2.82. The average molecular weight is 237 g/mol. The van der Waals surface area contributed by atoms with Crippen molar-refractivity contribution in [2.75, 3.05) is 0 Å². The molecule has 3 nitrogen and oxygen atoms in total. The summed E-state index contributed by atoms with van der Waals surface area (Å²) in [6.45, 7) is 3.91. The minimum Gasteiger partial charge on any atom is -0.237 e. The van der Waals surface area contributed by atoms with Gasteiger partial charge in [-0.05, 0) is 19.4 Å². The Bertz CT molecular complexity index is 570. The van der Waals surface area contributed by atoms with Gasteiger partial charge in [-0.1, -0.05) is 37.3 Å². The molecule has 0 bridgehead atoms. The lowest BCUT2D eigenvalue weighted by Crippen LogP contribution is -2.04. The topological polar surface area (TPSA) is 49.6 Å². The van der Waals surface area contributed by atoms with Crippen molar-refractivity contribution >= 4 is 0 Å². The molecule has 0 amide bonds. The van der Waals surface area contributed by atoms with Crippen molar-refractivity contribution in [3.8, 4) is 17.3 Å². The molecule has 0 saturated heterocycles. The molecule has 0 aliphatic heterocycles. The maximum absolute atomic E-state index is 9.10. The maximum atomic E-state index is 9.10. The zero-order chi connectivity index (χ0) is 13.0. The van der Waals surface area contributed by atoms with E-state index in [9.17, 15) is 0 Å². The smallest absolute Gasteiger partial charge is 0.146 e. The maximum Gasteiger partial charge on any atom is 0.146 e. The third kappa shape index (κ3) is 2.54. The Hall–Kier alpha value is -2.21. The van der Waals surface area contributed by atoms with Crippen LogP contribution < -0.4 is 0 Å². The highest BCUT2D eigenvalue weighted by molar-refractivity contribution is 5.59. The fourth-order valence-corrected chi connectivity index (χ4v) is 1.84. The van der Waals surface area contributed by atoms with Crippen molar-refractivity contribution in [3.63, 3.8) is 0 Å². The second kappa shape index (κ2) is 5.42. The molecule has 0 radical (unpaired) electrons. The van der Waals surface area contributed by atoms with Crippen molar-refractivity contribution in [1.29, 1.82) is 5.26 Å². The van der Waals surface area contributed by atoms with Crippen LogP contribution in [0, 0.1) is 18.3 Å². The molecule has 3 heteroatoms. The minimum absolute atomic E-state index is 0.229. The summed E-state index contributed by atoms with van der Waals surface area (Å²) >= 11 is 0. The molecule has 2 rings (SSSR count). The van der Waals surface area contributed by atoms with Gasteiger partial charge in [0.25, 0.3) is 0 Å². The van der Waals surface area contributed by atoms with Crippen molar-refractivity contribution in [2.24, 2.45) is 0 Å². The lowest BCUT2D eigenvalue weighted by atomic mass is 10.1. The van der Waals surface area contributed by atoms with Crippen LogP contribution in [0.4, 0.5) is 0 Å². The number of nitrogens with zero attached hydrogens (tertiary/aromatic N) is 3. The van der Waals surface area contributed by atoms with Gasteiger partial charge in [0, 0.05) is 11.3 Å². The molecule has 1 aromatic heterocycles. The average Bonchev–Trinajstić information content (AvgIpc) is 2.40. The van der Waals surface area contributed by atoms with Crippen LogP contribution in [0.5, 0.6) is 0 Å². The van der Waals surface area contributed by atoms with Crippen LogP contribution in [0.2, 0.25) is 0 Å². The Morgan fingerprint density at radius 3 is 2.56 bits per heavy atom. The minimum atomic E-state index is -0.229. The number of rotatable bonds is 3. The number of aryl methyl sites for hydroxylation is 1. The lowest BCUT2D eigenvalue weighted by Gasteiger charge is -2.08. The lowest BCUT2D eigenvalue weighted by molar-refractivity contribution is 0.746. The van der Waals surface area contributed by atoms with Gasteiger partial charge in [0.05, 0.1) is 11.8 Å². The predicted octanol–water partition coefficient (Wildman–Crippen LogP) is 3.47. The van der Waals surface area contributed by atoms with Gasteiger partial charge >= 0.3 is 0 Å². The largest absolute Gasteiger partial charge is 0.237 e. The molecule has 0 saturated carbocycles. The van der Waals surface area contributed by atoms with E-state index in [-0.39, 0.29) is 5.92 Å². The summed E-state index contributed by atoms with van der Waals surface area (Å²) in [4.78, 5) is 8.88. The molecule has 1 unspecified atom stereocenters. The summed E-state index contributed by atoms with van der Waals surface area (Å²) in [5.74, 6) is 0.395. The first-order valence-corrected chi connectivity index (χ1v) is 6.05. The van der Waals surface area contributed by atoms with Gasteiger partial charge < -0.3 is 0 Å². The second-order valence-electron chi connectivity index (χ2n) is 4.21. The molecular weight excluding hydrogens is 222 g/mol. The number of nitriles is 1. The zero-order valence-corrected chi connectivity index (χ0v) is 10.6. The Kier molecular flexibility index (Phi) is 3.69. The highest BCUT2D eigenvalue weighted by Crippen LogP contribution is 2.21. The van der Waals surface area contributed by atoms with Crippen LogP contribution in [-0.2, 0) is 0 Å². The third-order valence-electron chi connectivity index (χ3n) is 2.82. The molecule has 18 heavy (non-hydrogen) atoms. The Morgan fingerprint density at radius 2 is 1.94 bits per heavy atom. The van der Waals surface area contributed by atoms with Crippen LogP contribution >= 0.6 is 0 Å². The van der Waals surface area contributed by atoms with Crippen molar-refractivity contribution < 1.29 is 0 Å². The molecule has 1 atom stereocenters. The van der Waals surface area contributed by atoms with Crippen LogP contribution in [0.1, 0.15) is 30.8 Å². The molecule has 2 aromatic rings. The molecule has 1 aromatic carbocycles. The standard InChI is InChI=1S/C15H15N3/c1-3-12(10-16)15-17-11(2)9-14(18-15)13-7-5-4-6-8-13/h4-9,12H,3H2,1-2H3. The van der Waals surface area contributed by atoms with Gasteiger partial charge in [0.15, 0.2) is 0 Å². The number of hydrogen-bond donors (Lipinski definition) is 0. The van der Waals surface area contributed by atoms with E-state index in [0.717, 1.165) is 23.4 Å². The molecule has 1 heterocycles. The highest BCUT2D eigenvalue weighted by atomic mass is 14.9. The summed E-state index contributed by atoms with van der Waals surface area (Å²) in [7, 11) is 0. The molecule has 0 N–H and O–H groups in total. The zero-order valence-electron chi connectivity index (χ0n) is 10.6. The normalized spacial score (nSPS) is 11.8. The summed E-state index contributed by atoms with van der Waals surface area (Å²) in [5.41, 5.74) is 2.83. The molecule has 0 spiro atoms. The van der Waals surface area contributed by atoms with Crippen LogP contribution in [0.15, 0.2) is 36.4 Å². The summed E-state index contributed by atoms with van der Waals surface area (Å²) < 4.78 is 0.